The molecule has 0 aliphatic rings. The Morgan fingerprint density at radius 2 is 1.09 bits per heavy atom. The fourth-order valence-corrected chi connectivity index (χ4v) is 6.24. The van der Waals surface area contributed by atoms with E-state index in [1.807, 2.05) is 60.8 Å². The van der Waals surface area contributed by atoms with Crippen LogP contribution in [0.3, 0.4) is 0 Å². The summed E-state index contributed by atoms with van der Waals surface area (Å²) in [5.74, 6) is 1.83. The van der Waals surface area contributed by atoms with E-state index in [0.29, 0.717) is 17.5 Å². The van der Waals surface area contributed by atoms with Gasteiger partial charge in [-0.15, -0.1) is 0 Å². The molecule has 0 amide bonds. The number of fused-ring (bicyclic) bond motifs is 8. The molecule has 0 saturated heterocycles. The summed E-state index contributed by atoms with van der Waals surface area (Å²) < 4.78 is 6.16. The van der Waals surface area contributed by atoms with Crippen LogP contribution in [0.5, 0.6) is 0 Å². The van der Waals surface area contributed by atoms with Crippen LogP contribution >= 0.6 is 0 Å². The van der Waals surface area contributed by atoms with Crippen LogP contribution in [0.4, 0.5) is 0 Å². The summed E-state index contributed by atoms with van der Waals surface area (Å²) in [4.78, 5) is 19.6. The van der Waals surface area contributed by atoms with E-state index in [4.69, 9.17) is 19.4 Å². The van der Waals surface area contributed by atoms with Crippen molar-refractivity contribution in [1.82, 2.24) is 19.9 Å². The van der Waals surface area contributed by atoms with E-state index in [2.05, 4.69) is 71.7 Å². The van der Waals surface area contributed by atoms with Crippen LogP contribution in [-0.4, -0.2) is 19.9 Å². The van der Waals surface area contributed by atoms with Gasteiger partial charge in [0.2, 0.25) is 0 Å². The number of hydrogen-bond donors (Lipinski definition) is 0. The van der Waals surface area contributed by atoms with Gasteiger partial charge in [-0.2, -0.15) is 0 Å². The molecule has 0 N–H and O–H groups in total. The van der Waals surface area contributed by atoms with Crippen molar-refractivity contribution in [1.29, 1.82) is 0 Å². The molecule has 3 aromatic heterocycles. The first kappa shape index (κ1) is 23.7. The average Bonchev–Trinajstić information content (AvgIpc) is 3.47. The second kappa shape index (κ2) is 9.29. The lowest BCUT2D eigenvalue weighted by Gasteiger charge is -2.12. The Labute approximate surface area is 246 Å². The summed E-state index contributed by atoms with van der Waals surface area (Å²) >= 11 is 0. The van der Waals surface area contributed by atoms with Crippen molar-refractivity contribution in [3.05, 3.63) is 134 Å². The minimum atomic E-state index is 0.588. The highest BCUT2D eigenvalue weighted by molar-refractivity contribution is 6.19. The molecule has 0 aliphatic heterocycles. The molecule has 0 unspecified atom stereocenters. The highest BCUT2D eigenvalue weighted by Gasteiger charge is 2.19. The molecule has 43 heavy (non-hydrogen) atoms. The Kier molecular flexibility index (Phi) is 5.13. The van der Waals surface area contributed by atoms with E-state index >= 15 is 0 Å². The number of aromatic nitrogens is 4. The van der Waals surface area contributed by atoms with Crippen molar-refractivity contribution in [2.24, 2.45) is 0 Å². The predicted octanol–water partition coefficient (Wildman–Crippen LogP) is 9.63. The predicted molar refractivity (Wildman–Crippen MR) is 174 cm³/mol. The van der Waals surface area contributed by atoms with Crippen molar-refractivity contribution < 1.29 is 4.42 Å². The van der Waals surface area contributed by atoms with Crippen LogP contribution in [0.1, 0.15) is 0 Å². The Hall–Kier alpha value is -5.94. The Morgan fingerprint density at radius 3 is 2.02 bits per heavy atom. The molecule has 0 spiro atoms. The molecule has 200 valence electrons. The molecule has 5 heteroatoms. The minimum Gasteiger partial charge on any atom is -0.456 e. The standard InChI is InChI=1S/C38H22N4O/c1-2-9-24(10-3-1)36-40-37(42-38(41-36)31-14-7-15-34-35(31)32-22-39-21-20-33(32)43-34)30-13-6-12-26-28-17-16-23-8-4-5-11-25(23)27(28)18-19-29(26)30/h1-22H. The van der Waals surface area contributed by atoms with Gasteiger partial charge in [0.15, 0.2) is 17.5 Å². The van der Waals surface area contributed by atoms with Crippen molar-refractivity contribution in [2.75, 3.05) is 0 Å². The van der Waals surface area contributed by atoms with Crippen LogP contribution in [0.25, 0.3) is 88.4 Å². The van der Waals surface area contributed by atoms with Gasteiger partial charge < -0.3 is 4.42 Å². The second-order valence-electron chi connectivity index (χ2n) is 10.7. The molecule has 9 aromatic rings. The van der Waals surface area contributed by atoms with Gasteiger partial charge in [-0.1, -0.05) is 109 Å². The number of furan rings is 1. The van der Waals surface area contributed by atoms with E-state index in [9.17, 15) is 0 Å². The average molecular weight is 551 g/mol. The molecule has 5 nitrogen and oxygen atoms in total. The SMILES string of the molecule is c1ccc(-c2nc(-c3cccc4c3ccc3c5ccccc5ccc43)nc(-c3cccc4oc5ccncc5c34)n2)cc1. The van der Waals surface area contributed by atoms with E-state index in [1.165, 1.54) is 21.5 Å². The van der Waals surface area contributed by atoms with Gasteiger partial charge in [0, 0.05) is 39.9 Å². The molecule has 0 fully saturated rings. The summed E-state index contributed by atoms with van der Waals surface area (Å²) in [6, 6.07) is 41.7. The quantitative estimate of drug-likeness (QED) is 0.205. The number of pyridine rings is 1. The summed E-state index contributed by atoms with van der Waals surface area (Å²) in [6.07, 6.45) is 3.58. The number of hydrogen-bond acceptors (Lipinski definition) is 5. The Bertz CT molecular complexity index is 2520. The number of benzene rings is 6. The van der Waals surface area contributed by atoms with Crippen molar-refractivity contribution >= 4 is 54.3 Å². The first-order valence-electron chi connectivity index (χ1n) is 14.2. The summed E-state index contributed by atoms with van der Waals surface area (Å²) in [6.45, 7) is 0. The van der Waals surface area contributed by atoms with Gasteiger partial charge >= 0.3 is 0 Å². The Balaban J connectivity index is 1.33. The maximum Gasteiger partial charge on any atom is 0.164 e. The van der Waals surface area contributed by atoms with Crippen LogP contribution in [-0.2, 0) is 0 Å². The molecule has 6 aromatic carbocycles. The molecular weight excluding hydrogens is 528 g/mol. The maximum absolute atomic E-state index is 6.16. The number of rotatable bonds is 3. The molecule has 9 rings (SSSR count). The van der Waals surface area contributed by atoms with Gasteiger partial charge in [0.05, 0.1) is 0 Å². The minimum absolute atomic E-state index is 0.588. The first-order valence-corrected chi connectivity index (χ1v) is 14.2. The largest absolute Gasteiger partial charge is 0.456 e. The monoisotopic (exact) mass is 550 g/mol. The molecule has 0 atom stereocenters. The maximum atomic E-state index is 6.16. The molecule has 0 bridgehead atoms. The third kappa shape index (κ3) is 3.72. The van der Waals surface area contributed by atoms with Crippen LogP contribution < -0.4 is 0 Å². The third-order valence-electron chi connectivity index (χ3n) is 8.23. The Morgan fingerprint density at radius 1 is 0.419 bits per heavy atom. The topological polar surface area (TPSA) is 64.7 Å². The lowest BCUT2D eigenvalue weighted by molar-refractivity contribution is 0.668. The molecule has 0 radical (unpaired) electrons. The van der Waals surface area contributed by atoms with Crippen LogP contribution in [0.15, 0.2) is 138 Å². The fraction of sp³-hybridized carbons (Fsp3) is 0. The first-order chi connectivity index (χ1) is 21.3. The zero-order chi connectivity index (χ0) is 28.3. The van der Waals surface area contributed by atoms with Crippen LogP contribution in [0.2, 0.25) is 0 Å². The summed E-state index contributed by atoms with van der Waals surface area (Å²) in [7, 11) is 0. The molecular formula is C38H22N4O. The van der Waals surface area contributed by atoms with Crippen molar-refractivity contribution in [3.63, 3.8) is 0 Å². The highest BCUT2D eigenvalue weighted by atomic mass is 16.3. The summed E-state index contributed by atoms with van der Waals surface area (Å²) in [5.41, 5.74) is 4.31. The van der Waals surface area contributed by atoms with Crippen molar-refractivity contribution in [2.45, 2.75) is 0 Å². The zero-order valence-corrected chi connectivity index (χ0v) is 22.9. The lowest BCUT2D eigenvalue weighted by atomic mass is 9.95. The van der Waals surface area contributed by atoms with Crippen molar-refractivity contribution in [3.8, 4) is 34.2 Å². The number of nitrogens with zero attached hydrogens (tertiary/aromatic N) is 4. The third-order valence-corrected chi connectivity index (χ3v) is 8.23. The zero-order valence-electron chi connectivity index (χ0n) is 22.9. The molecule has 3 heterocycles. The van der Waals surface area contributed by atoms with E-state index in [-0.39, 0.29) is 0 Å². The second-order valence-corrected chi connectivity index (χ2v) is 10.7. The van der Waals surface area contributed by atoms with E-state index < -0.39 is 0 Å². The lowest BCUT2D eigenvalue weighted by Crippen LogP contribution is -2.01. The smallest absolute Gasteiger partial charge is 0.164 e. The molecule has 0 saturated carbocycles. The summed E-state index contributed by atoms with van der Waals surface area (Å²) in [5, 5.41) is 9.05. The van der Waals surface area contributed by atoms with E-state index in [1.54, 1.807) is 6.20 Å². The van der Waals surface area contributed by atoms with Gasteiger partial charge in [-0.05, 0) is 44.5 Å². The van der Waals surface area contributed by atoms with Gasteiger partial charge in [-0.25, -0.2) is 15.0 Å². The van der Waals surface area contributed by atoms with Gasteiger partial charge in [0.25, 0.3) is 0 Å². The fourth-order valence-electron chi connectivity index (χ4n) is 6.24. The van der Waals surface area contributed by atoms with Gasteiger partial charge in [0.1, 0.15) is 11.2 Å². The van der Waals surface area contributed by atoms with Gasteiger partial charge in [-0.3, -0.25) is 4.98 Å². The molecule has 0 aliphatic carbocycles. The van der Waals surface area contributed by atoms with Crippen LogP contribution in [0, 0.1) is 0 Å². The van der Waals surface area contributed by atoms with E-state index in [0.717, 1.165) is 49.4 Å². The highest BCUT2D eigenvalue weighted by Crippen LogP contribution is 2.38. The normalized spacial score (nSPS) is 11.7.